The molecule has 0 aliphatic carbocycles. The molecule has 8 aromatic rings. The van der Waals surface area contributed by atoms with Crippen LogP contribution in [0.25, 0.3) is 78.3 Å². The van der Waals surface area contributed by atoms with Gasteiger partial charge in [0.1, 0.15) is 8.07 Å². The average molecular weight is 644 g/mol. The lowest BCUT2D eigenvalue weighted by atomic mass is 10.00. The van der Waals surface area contributed by atoms with Crippen LogP contribution >= 0.6 is 0 Å². The molecule has 0 saturated carbocycles. The van der Waals surface area contributed by atoms with Crippen LogP contribution in [0.4, 0.5) is 0 Å². The predicted octanol–water partition coefficient (Wildman–Crippen LogP) is 10.2. The number of benzene rings is 7. The molecule has 0 amide bonds. The fourth-order valence-corrected chi connectivity index (χ4v) is 10.3. The van der Waals surface area contributed by atoms with Crippen molar-refractivity contribution < 1.29 is 0 Å². The van der Waals surface area contributed by atoms with E-state index in [0.29, 0.717) is 17.5 Å². The first-order valence-electron chi connectivity index (χ1n) is 16.8. The fourth-order valence-electron chi connectivity index (χ4n) is 7.23. The van der Waals surface area contributed by atoms with E-state index in [4.69, 9.17) is 15.0 Å². The fraction of sp³-hybridized carbons (Fsp3) is 0.0444. The molecule has 0 spiro atoms. The van der Waals surface area contributed by atoms with Crippen LogP contribution in [-0.2, 0) is 0 Å². The zero-order valence-corrected chi connectivity index (χ0v) is 28.4. The predicted molar refractivity (Wildman–Crippen MR) is 207 cm³/mol. The first kappa shape index (κ1) is 29.2. The number of aromatic nitrogens is 3. The molecular formula is C45H33N3Si. The normalized spacial score (nSPS) is 12.9. The molecule has 49 heavy (non-hydrogen) atoms. The summed E-state index contributed by atoms with van der Waals surface area (Å²) in [6.45, 7) is 4.92. The van der Waals surface area contributed by atoms with Crippen molar-refractivity contribution in [1.29, 1.82) is 0 Å². The van der Waals surface area contributed by atoms with Gasteiger partial charge in [0.25, 0.3) is 0 Å². The van der Waals surface area contributed by atoms with Gasteiger partial charge in [-0.05, 0) is 66.7 Å². The van der Waals surface area contributed by atoms with Crippen molar-refractivity contribution in [2.75, 3.05) is 0 Å². The number of hydrogen-bond acceptors (Lipinski definition) is 3. The van der Waals surface area contributed by atoms with Crippen molar-refractivity contribution in [3.63, 3.8) is 0 Å². The molecule has 0 unspecified atom stereocenters. The first-order chi connectivity index (χ1) is 24.0. The van der Waals surface area contributed by atoms with Crippen molar-refractivity contribution in [2.24, 2.45) is 0 Å². The summed E-state index contributed by atoms with van der Waals surface area (Å²) in [5.41, 5.74) is 10.3. The molecule has 3 nitrogen and oxygen atoms in total. The standard InChI is InChI=1S/C45H33N3Si/c1-49(2)41-29-38(24-25-39(41)40-27-35-16-9-10-17-36(35)28-42(40)49)45-47-43(33-22-20-32(21-23-33)30-12-5-3-6-13-30)46-44(48-45)37-19-11-18-34(26-37)31-14-7-4-8-15-31/h3-29H,1-2H3. The quantitative estimate of drug-likeness (QED) is 0.175. The van der Waals surface area contributed by atoms with Crippen molar-refractivity contribution in [3.8, 4) is 67.5 Å². The number of nitrogens with zero attached hydrogens (tertiary/aromatic N) is 3. The molecule has 1 aromatic heterocycles. The Hall–Kier alpha value is -5.97. The Labute approximate surface area is 287 Å². The second-order valence-corrected chi connectivity index (χ2v) is 17.7. The van der Waals surface area contributed by atoms with Gasteiger partial charge in [0.2, 0.25) is 0 Å². The van der Waals surface area contributed by atoms with Crippen molar-refractivity contribution >= 4 is 29.2 Å². The third kappa shape index (κ3) is 5.18. The largest absolute Gasteiger partial charge is 0.208 e. The molecule has 0 bridgehead atoms. The molecule has 0 N–H and O–H groups in total. The summed E-state index contributed by atoms with van der Waals surface area (Å²) in [5.74, 6) is 2.01. The summed E-state index contributed by atoms with van der Waals surface area (Å²) >= 11 is 0. The lowest BCUT2D eigenvalue weighted by molar-refractivity contribution is 1.07. The Kier molecular flexibility index (Phi) is 6.92. The Morgan fingerprint density at radius 1 is 0.327 bits per heavy atom. The number of fused-ring (bicyclic) bond motifs is 4. The van der Waals surface area contributed by atoms with Gasteiger partial charge in [-0.2, -0.15) is 0 Å². The van der Waals surface area contributed by atoms with Gasteiger partial charge in [0, 0.05) is 16.7 Å². The van der Waals surface area contributed by atoms with Crippen LogP contribution in [0.3, 0.4) is 0 Å². The third-order valence-electron chi connectivity index (χ3n) is 9.91. The summed E-state index contributed by atoms with van der Waals surface area (Å²) in [6, 6.07) is 58.2. The summed E-state index contributed by atoms with van der Waals surface area (Å²) in [7, 11) is -1.97. The summed E-state index contributed by atoms with van der Waals surface area (Å²) in [6.07, 6.45) is 0. The zero-order valence-electron chi connectivity index (χ0n) is 27.4. The van der Waals surface area contributed by atoms with Gasteiger partial charge in [-0.1, -0.05) is 165 Å². The Balaban J connectivity index is 1.18. The molecule has 9 rings (SSSR count). The highest BCUT2D eigenvalue weighted by molar-refractivity contribution is 7.04. The molecule has 0 radical (unpaired) electrons. The monoisotopic (exact) mass is 643 g/mol. The van der Waals surface area contributed by atoms with Gasteiger partial charge < -0.3 is 0 Å². The topological polar surface area (TPSA) is 38.7 Å². The van der Waals surface area contributed by atoms with Crippen LogP contribution in [-0.4, -0.2) is 23.0 Å². The number of hydrogen-bond donors (Lipinski definition) is 0. The van der Waals surface area contributed by atoms with Crippen LogP contribution in [0.1, 0.15) is 0 Å². The van der Waals surface area contributed by atoms with Crippen LogP contribution in [0, 0.1) is 0 Å². The molecule has 0 atom stereocenters. The second kappa shape index (κ2) is 11.6. The molecule has 0 fully saturated rings. The van der Waals surface area contributed by atoms with E-state index in [0.717, 1.165) is 33.4 Å². The van der Waals surface area contributed by atoms with Crippen molar-refractivity contribution in [3.05, 3.63) is 164 Å². The van der Waals surface area contributed by atoms with Gasteiger partial charge in [-0.25, -0.2) is 15.0 Å². The van der Waals surface area contributed by atoms with E-state index in [2.05, 4.69) is 165 Å². The van der Waals surface area contributed by atoms with Crippen LogP contribution < -0.4 is 10.4 Å². The van der Waals surface area contributed by atoms with E-state index in [9.17, 15) is 0 Å². The highest BCUT2D eigenvalue weighted by Gasteiger charge is 2.38. The minimum atomic E-state index is -1.97. The highest BCUT2D eigenvalue weighted by Crippen LogP contribution is 2.34. The van der Waals surface area contributed by atoms with Crippen molar-refractivity contribution in [1.82, 2.24) is 15.0 Å². The minimum absolute atomic E-state index is 0.663. The first-order valence-corrected chi connectivity index (χ1v) is 19.8. The minimum Gasteiger partial charge on any atom is -0.208 e. The maximum atomic E-state index is 5.16. The SMILES string of the molecule is C[Si]1(C)c2cc(-c3nc(-c4ccc(-c5ccccc5)cc4)nc(-c4cccc(-c5ccccc5)c4)n3)ccc2-c2cc3ccccc3cc21. The maximum absolute atomic E-state index is 5.16. The molecule has 1 aliphatic heterocycles. The lowest BCUT2D eigenvalue weighted by Gasteiger charge is -2.19. The van der Waals surface area contributed by atoms with E-state index in [-0.39, 0.29) is 0 Å². The summed E-state index contributed by atoms with van der Waals surface area (Å²) < 4.78 is 0. The van der Waals surface area contributed by atoms with Gasteiger partial charge in [0.15, 0.2) is 17.5 Å². The van der Waals surface area contributed by atoms with Crippen LogP contribution in [0.2, 0.25) is 13.1 Å². The molecular weight excluding hydrogens is 611 g/mol. The van der Waals surface area contributed by atoms with Gasteiger partial charge >= 0.3 is 0 Å². The Morgan fingerprint density at radius 2 is 0.776 bits per heavy atom. The highest BCUT2D eigenvalue weighted by atomic mass is 28.3. The van der Waals surface area contributed by atoms with Crippen LogP contribution in [0.5, 0.6) is 0 Å². The summed E-state index contributed by atoms with van der Waals surface area (Å²) in [4.78, 5) is 15.4. The molecule has 4 heteroatoms. The lowest BCUT2D eigenvalue weighted by Crippen LogP contribution is -2.49. The number of rotatable bonds is 5. The smallest absolute Gasteiger partial charge is 0.164 e. The molecule has 0 saturated heterocycles. The maximum Gasteiger partial charge on any atom is 0.164 e. The molecule has 232 valence electrons. The zero-order chi connectivity index (χ0) is 33.0. The van der Waals surface area contributed by atoms with E-state index >= 15 is 0 Å². The van der Waals surface area contributed by atoms with Gasteiger partial charge in [-0.15, -0.1) is 0 Å². The Bertz CT molecular complexity index is 2510. The molecule has 1 aliphatic rings. The van der Waals surface area contributed by atoms with E-state index in [1.54, 1.807) is 0 Å². The van der Waals surface area contributed by atoms with Crippen molar-refractivity contribution in [2.45, 2.75) is 13.1 Å². The average Bonchev–Trinajstić information content (AvgIpc) is 3.39. The second-order valence-electron chi connectivity index (χ2n) is 13.3. The van der Waals surface area contributed by atoms with Gasteiger partial charge in [0.05, 0.1) is 0 Å². The van der Waals surface area contributed by atoms with Gasteiger partial charge in [-0.3, -0.25) is 0 Å². The van der Waals surface area contributed by atoms with Crippen LogP contribution in [0.15, 0.2) is 164 Å². The third-order valence-corrected chi connectivity index (χ3v) is 13.4. The molecule has 7 aromatic carbocycles. The van der Waals surface area contributed by atoms with E-state index in [1.165, 1.54) is 37.8 Å². The summed E-state index contributed by atoms with van der Waals surface area (Å²) in [5, 5.41) is 5.51. The Morgan fingerprint density at radius 3 is 1.45 bits per heavy atom. The van der Waals surface area contributed by atoms with E-state index < -0.39 is 8.07 Å². The molecule has 2 heterocycles. The van der Waals surface area contributed by atoms with E-state index in [1.807, 2.05) is 12.1 Å².